The predicted molar refractivity (Wildman–Crippen MR) is 99.2 cm³/mol. The monoisotopic (exact) mass is 329 g/mol. The molecule has 0 radical (unpaired) electrons. The fraction of sp³-hybridized carbons (Fsp3) is 0.190. The lowest BCUT2D eigenvalue weighted by Gasteiger charge is -2.24. The van der Waals surface area contributed by atoms with E-state index in [1.54, 1.807) is 12.4 Å². The second kappa shape index (κ2) is 6.48. The summed E-state index contributed by atoms with van der Waals surface area (Å²) in [5.74, 6) is 0.0609. The van der Waals surface area contributed by atoms with Crippen LogP contribution in [0.25, 0.3) is 22.2 Å². The molecule has 4 rings (SSSR count). The van der Waals surface area contributed by atoms with Gasteiger partial charge in [0.05, 0.1) is 22.8 Å². The highest BCUT2D eigenvalue weighted by molar-refractivity contribution is 6.07. The smallest absolute Gasteiger partial charge is 0.255 e. The van der Waals surface area contributed by atoms with Crippen LogP contribution >= 0.6 is 0 Å². The molecule has 0 N–H and O–H groups in total. The Bertz CT molecular complexity index is 950. The largest absolute Gasteiger partial charge is 0.328 e. The van der Waals surface area contributed by atoms with Gasteiger partial charge >= 0.3 is 0 Å². The summed E-state index contributed by atoms with van der Waals surface area (Å²) in [6, 6.07) is 13.7. The zero-order chi connectivity index (χ0) is 17.2. The van der Waals surface area contributed by atoms with Crippen molar-refractivity contribution >= 4 is 16.8 Å². The van der Waals surface area contributed by atoms with Gasteiger partial charge in [-0.25, -0.2) is 4.98 Å². The van der Waals surface area contributed by atoms with E-state index in [-0.39, 0.29) is 11.9 Å². The Labute approximate surface area is 146 Å². The van der Waals surface area contributed by atoms with Crippen molar-refractivity contribution in [2.75, 3.05) is 6.54 Å². The van der Waals surface area contributed by atoms with Crippen molar-refractivity contribution in [3.8, 4) is 11.3 Å². The van der Waals surface area contributed by atoms with E-state index in [2.05, 4.69) is 24.1 Å². The first-order valence-corrected chi connectivity index (χ1v) is 8.55. The molecule has 4 nitrogen and oxygen atoms in total. The average molecular weight is 329 g/mol. The topological polar surface area (TPSA) is 46.1 Å². The normalized spacial score (nSPS) is 16.5. The van der Waals surface area contributed by atoms with Gasteiger partial charge in [-0.1, -0.05) is 37.3 Å². The molecular weight excluding hydrogens is 310 g/mol. The first kappa shape index (κ1) is 15.5. The molecule has 1 atom stereocenters. The van der Waals surface area contributed by atoms with E-state index in [0.717, 1.165) is 28.6 Å². The van der Waals surface area contributed by atoms with E-state index in [9.17, 15) is 4.79 Å². The molecule has 0 fully saturated rings. The standard InChI is InChI=1S/C21H19N3O/c1-2-16-6-5-13-24(16)21(25)18-14-20(15-9-11-22-12-10-15)23-19-8-4-3-7-17(18)19/h3-12,14,16H,2,13H2,1H3/t16-/m0/s1. The summed E-state index contributed by atoms with van der Waals surface area (Å²) in [6.07, 6.45) is 8.59. The van der Waals surface area contributed by atoms with Gasteiger partial charge in [0, 0.05) is 29.9 Å². The van der Waals surface area contributed by atoms with Crippen LogP contribution in [0.1, 0.15) is 23.7 Å². The molecule has 25 heavy (non-hydrogen) atoms. The van der Waals surface area contributed by atoms with Crippen LogP contribution in [0, 0.1) is 0 Å². The second-order valence-corrected chi connectivity index (χ2v) is 6.17. The molecule has 1 aliphatic heterocycles. The quantitative estimate of drug-likeness (QED) is 0.680. The third-order valence-corrected chi connectivity index (χ3v) is 4.66. The lowest BCUT2D eigenvalue weighted by Crippen LogP contribution is -2.35. The minimum absolute atomic E-state index is 0.0609. The molecule has 0 saturated carbocycles. The maximum Gasteiger partial charge on any atom is 0.255 e. The Morgan fingerprint density at radius 1 is 1.20 bits per heavy atom. The Morgan fingerprint density at radius 2 is 2.00 bits per heavy atom. The number of benzene rings is 1. The van der Waals surface area contributed by atoms with Gasteiger partial charge < -0.3 is 4.90 Å². The van der Waals surface area contributed by atoms with Crippen LogP contribution in [-0.2, 0) is 0 Å². The van der Waals surface area contributed by atoms with E-state index in [4.69, 9.17) is 4.98 Å². The average Bonchev–Trinajstić information content (AvgIpc) is 3.16. The number of hydrogen-bond donors (Lipinski definition) is 0. The van der Waals surface area contributed by atoms with Gasteiger partial charge in [0.1, 0.15) is 0 Å². The Morgan fingerprint density at radius 3 is 2.80 bits per heavy atom. The number of amides is 1. The number of carbonyl (C=O) groups excluding carboxylic acids is 1. The van der Waals surface area contributed by atoms with E-state index < -0.39 is 0 Å². The predicted octanol–water partition coefficient (Wildman–Crippen LogP) is 4.09. The molecule has 3 aromatic rings. The molecule has 3 heterocycles. The molecule has 1 amide bonds. The van der Waals surface area contributed by atoms with Gasteiger partial charge in [-0.3, -0.25) is 9.78 Å². The van der Waals surface area contributed by atoms with E-state index in [1.165, 1.54) is 0 Å². The van der Waals surface area contributed by atoms with E-state index in [1.807, 2.05) is 47.4 Å². The van der Waals surface area contributed by atoms with Crippen molar-refractivity contribution in [1.29, 1.82) is 0 Å². The van der Waals surface area contributed by atoms with Crippen molar-refractivity contribution in [2.24, 2.45) is 0 Å². The number of hydrogen-bond acceptors (Lipinski definition) is 3. The molecule has 4 heteroatoms. The first-order chi connectivity index (χ1) is 12.3. The Hall–Kier alpha value is -3.01. The summed E-state index contributed by atoms with van der Waals surface area (Å²) in [4.78, 5) is 24.0. The maximum absolute atomic E-state index is 13.3. The van der Waals surface area contributed by atoms with Crippen LogP contribution in [0.2, 0.25) is 0 Å². The molecule has 0 saturated heterocycles. The van der Waals surface area contributed by atoms with Crippen molar-refractivity contribution < 1.29 is 4.79 Å². The van der Waals surface area contributed by atoms with E-state index in [0.29, 0.717) is 12.1 Å². The summed E-state index contributed by atoms with van der Waals surface area (Å²) in [5.41, 5.74) is 3.30. The fourth-order valence-corrected chi connectivity index (χ4v) is 3.34. The lowest BCUT2D eigenvalue weighted by atomic mass is 10.0. The van der Waals surface area contributed by atoms with Gasteiger partial charge in [-0.05, 0) is 30.7 Å². The molecule has 0 spiro atoms. The van der Waals surface area contributed by atoms with Crippen LogP contribution in [0.4, 0.5) is 0 Å². The molecule has 1 aromatic carbocycles. The van der Waals surface area contributed by atoms with Crippen LogP contribution in [0.3, 0.4) is 0 Å². The summed E-state index contributed by atoms with van der Waals surface area (Å²) >= 11 is 0. The van der Waals surface area contributed by atoms with Gasteiger partial charge in [0.2, 0.25) is 0 Å². The van der Waals surface area contributed by atoms with Crippen molar-refractivity contribution in [3.05, 3.63) is 72.6 Å². The fourth-order valence-electron chi connectivity index (χ4n) is 3.34. The molecule has 0 bridgehead atoms. The highest BCUT2D eigenvalue weighted by Gasteiger charge is 2.26. The number of carbonyl (C=O) groups is 1. The summed E-state index contributed by atoms with van der Waals surface area (Å²) in [6.45, 7) is 2.77. The van der Waals surface area contributed by atoms with Crippen LogP contribution in [0.15, 0.2) is 67.0 Å². The van der Waals surface area contributed by atoms with Gasteiger partial charge in [-0.15, -0.1) is 0 Å². The minimum Gasteiger partial charge on any atom is -0.328 e. The SMILES string of the molecule is CC[C@H]1C=CCN1C(=O)c1cc(-c2ccncc2)nc2ccccc12. The third-order valence-electron chi connectivity index (χ3n) is 4.66. The lowest BCUT2D eigenvalue weighted by molar-refractivity contribution is 0.0749. The van der Waals surface area contributed by atoms with Crippen LogP contribution in [0.5, 0.6) is 0 Å². The third kappa shape index (κ3) is 2.80. The minimum atomic E-state index is 0.0609. The molecule has 0 aliphatic carbocycles. The van der Waals surface area contributed by atoms with Crippen molar-refractivity contribution in [1.82, 2.24) is 14.9 Å². The number of pyridine rings is 2. The van der Waals surface area contributed by atoms with Crippen LogP contribution < -0.4 is 0 Å². The summed E-state index contributed by atoms with van der Waals surface area (Å²) < 4.78 is 0. The first-order valence-electron chi connectivity index (χ1n) is 8.55. The molecule has 2 aromatic heterocycles. The molecular formula is C21H19N3O. The molecule has 0 unspecified atom stereocenters. The number of fused-ring (bicyclic) bond motifs is 1. The highest BCUT2D eigenvalue weighted by Crippen LogP contribution is 2.27. The van der Waals surface area contributed by atoms with Gasteiger partial charge in [0.25, 0.3) is 5.91 Å². The zero-order valence-electron chi connectivity index (χ0n) is 14.1. The number of para-hydroxylation sites is 1. The van der Waals surface area contributed by atoms with Gasteiger partial charge in [0.15, 0.2) is 0 Å². The highest BCUT2D eigenvalue weighted by atomic mass is 16.2. The Kier molecular flexibility index (Phi) is 4.02. The zero-order valence-corrected chi connectivity index (χ0v) is 14.1. The second-order valence-electron chi connectivity index (χ2n) is 6.17. The molecule has 124 valence electrons. The Balaban J connectivity index is 1.86. The summed E-state index contributed by atoms with van der Waals surface area (Å²) in [7, 11) is 0. The number of aromatic nitrogens is 2. The number of rotatable bonds is 3. The van der Waals surface area contributed by atoms with Crippen molar-refractivity contribution in [3.63, 3.8) is 0 Å². The summed E-state index contributed by atoms with van der Waals surface area (Å²) in [5, 5.41) is 0.895. The van der Waals surface area contributed by atoms with Gasteiger partial charge in [-0.2, -0.15) is 0 Å². The van der Waals surface area contributed by atoms with Crippen LogP contribution in [-0.4, -0.2) is 33.4 Å². The van der Waals surface area contributed by atoms with E-state index >= 15 is 0 Å². The molecule has 1 aliphatic rings. The maximum atomic E-state index is 13.3. The van der Waals surface area contributed by atoms with Crippen molar-refractivity contribution in [2.45, 2.75) is 19.4 Å². The number of nitrogens with zero attached hydrogens (tertiary/aromatic N) is 3.